The van der Waals surface area contributed by atoms with Gasteiger partial charge < -0.3 is 5.32 Å². The highest BCUT2D eigenvalue weighted by molar-refractivity contribution is 4.80. The second-order valence-corrected chi connectivity index (χ2v) is 4.09. The summed E-state index contributed by atoms with van der Waals surface area (Å²) < 4.78 is 35.9. The van der Waals surface area contributed by atoms with Crippen molar-refractivity contribution in [3.63, 3.8) is 0 Å². The number of halogens is 3. The SMILES string of the molecule is CCNC(CCC(F)(F)F)CC1CC1. The Balaban J connectivity index is 2.19. The highest BCUT2D eigenvalue weighted by atomic mass is 19.4. The summed E-state index contributed by atoms with van der Waals surface area (Å²) in [7, 11) is 0. The summed E-state index contributed by atoms with van der Waals surface area (Å²) in [5.41, 5.74) is 0. The van der Waals surface area contributed by atoms with Crippen molar-refractivity contribution in [1.82, 2.24) is 5.32 Å². The van der Waals surface area contributed by atoms with Crippen molar-refractivity contribution in [3.8, 4) is 0 Å². The van der Waals surface area contributed by atoms with Gasteiger partial charge in [0.15, 0.2) is 0 Å². The standard InChI is InChI=1S/C10H18F3N/c1-2-14-9(7-8-3-4-8)5-6-10(11,12)13/h8-9,14H,2-7H2,1H3. The van der Waals surface area contributed by atoms with E-state index in [4.69, 9.17) is 0 Å². The maximum Gasteiger partial charge on any atom is 0.389 e. The molecular formula is C10H18F3N. The lowest BCUT2D eigenvalue weighted by Crippen LogP contribution is -2.30. The van der Waals surface area contributed by atoms with Crippen molar-refractivity contribution in [1.29, 1.82) is 0 Å². The predicted molar refractivity (Wildman–Crippen MR) is 50.1 cm³/mol. The maximum absolute atomic E-state index is 12.0. The van der Waals surface area contributed by atoms with Crippen molar-refractivity contribution < 1.29 is 13.2 Å². The van der Waals surface area contributed by atoms with Gasteiger partial charge in [0, 0.05) is 12.5 Å². The van der Waals surface area contributed by atoms with E-state index in [-0.39, 0.29) is 12.5 Å². The van der Waals surface area contributed by atoms with Crippen LogP contribution in [0.15, 0.2) is 0 Å². The molecule has 4 heteroatoms. The molecular weight excluding hydrogens is 191 g/mol. The third-order valence-corrected chi connectivity index (χ3v) is 2.58. The lowest BCUT2D eigenvalue weighted by molar-refractivity contribution is -0.136. The summed E-state index contributed by atoms with van der Waals surface area (Å²) in [5, 5.41) is 3.13. The molecule has 0 aromatic heterocycles. The van der Waals surface area contributed by atoms with E-state index in [0.717, 1.165) is 13.0 Å². The van der Waals surface area contributed by atoms with Gasteiger partial charge >= 0.3 is 6.18 Å². The highest BCUT2D eigenvalue weighted by Crippen LogP contribution is 2.35. The first-order chi connectivity index (χ1) is 6.51. The zero-order valence-electron chi connectivity index (χ0n) is 8.53. The molecule has 0 bridgehead atoms. The lowest BCUT2D eigenvalue weighted by atomic mass is 10.0. The molecule has 0 aromatic carbocycles. The third kappa shape index (κ3) is 5.47. The molecule has 84 valence electrons. The normalized spacial score (nSPS) is 19.7. The Labute approximate surface area is 83.1 Å². The fourth-order valence-corrected chi connectivity index (χ4v) is 1.69. The van der Waals surface area contributed by atoms with Crippen LogP contribution in [0.3, 0.4) is 0 Å². The van der Waals surface area contributed by atoms with Gasteiger partial charge in [0.1, 0.15) is 0 Å². The Bertz CT molecular complexity index is 163. The number of hydrogen-bond acceptors (Lipinski definition) is 1. The van der Waals surface area contributed by atoms with Gasteiger partial charge in [-0.3, -0.25) is 0 Å². The van der Waals surface area contributed by atoms with E-state index in [9.17, 15) is 13.2 Å². The van der Waals surface area contributed by atoms with Gasteiger partial charge in [0.2, 0.25) is 0 Å². The van der Waals surface area contributed by atoms with E-state index >= 15 is 0 Å². The molecule has 1 atom stereocenters. The fraction of sp³-hybridized carbons (Fsp3) is 1.00. The molecule has 1 saturated carbocycles. The van der Waals surface area contributed by atoms with Crippen LogP contribution in [-0.2, 0) is 0 Å². The summed E-state index contributed by atoms with van der Waals surface area (Å²) in [4.78, 5) is 0. The van der Waals surface area contributed by atoms with Crippen LogP contribution in [0.5, 0.6) is 0 Å². The van der Waals surface area contributed by atoms with E-state index in [0.29, 0.717) is 5.92 Å². The fourth-order valence-electron chi connectivity index (χ4n) is 1.69. The average Bonchev–Trinajstić information content (AvgIpc) is 2.83. The molecule has 0 aromatic rings. The van der Waals surface area contributed by atoms with E-state index < -0.39 is 12.6 Å². The summed E-state index contributed by atoms with van der Waals surface area (Å²) in [6, 6.07) is 0.0640. The predicted octanol–water partition coefficient (Wildman–Crippen LogP) is 3.11. The lowest BCUT2D eigenvalue weighted by Gasteiger charge is -2.18. The Kier molecular flexibility index (Phi) is 4.23. The Morgan fingerprint density at radius 1 is 1.36 bits per heavy atom. The van der Waals surface area contributed by atoms with Crippen LogP contribution < -0.4 is 5.32 Å². The van der Waals surface area contributed by atoms with E-state index in [1.54, 1.807) is 0 Å². The Hall–Kier alpha value is -0.250. The first-order valence-electron chi connectivity index (χ1n) is 5.31. The number of hydrogen-bond donors (Lipinski definition) is 1. The summed E-state index contributed by atoms with van der Waals surface area (Å²) >= 11 is 0. The van der Waals surface area contributed by atoms with Crippen LogP contribution in [0, 0.1) is 5.92 Å². The van der Waals surface area contributed by atoms with Crippen LogP contribution >= 0.6 is 0 Å². The molecule has 1 fully saturated rings. The molecule has 0 saturated heterocycles. The zero-order chi connectivity index (χ0) is 10.6. The number of nitrogens with one attached hydrogen (secondary N) is 1. The zero-order valence-corrected chi connectivity index (χ0v) is 8.53. The second kappa shape index (κ2) is 5.01. The van der Waals surface area contributed by atoms with Gasteiger partial charge in [-0.15, -0.1) is 0 Å². The Morgan fingerprint density at radius 2 is 2.00 bits per heavy atom. The molecule has 1 rings (SSSR count). The first kappa shape index (κ1) is 11.8. The van der Waals surface area contributed by atoms with Crippen molar-refractivity contribution in [2.45, 2.75) is 51.2 Å². The molecule has 1 aliphatic rings. The molecule has 0 amide bonds. The Morgan fingerprint density at radius 3 is 2.43 bits per heavy atom. The number of rotatable bonds is 6. The van der Waals surface area contributed by atoms with Crippen LogP contribution in [0.25, 0.3) is 0 Å². The molecule has 0 radical (unpaired) electrons. The van der Waals surface area contributed by atoms with Crippen LogP contribution in [0.1, 0.15) is 39.0 Å². The third-order valence-electron chi connectivity index (χ3n) is 2.58. The minimum Gasteiger partial charge on any atom is -0.314 e. The van der Waals surface area contributed by atoms with E-state index in [2.05, 4.69) is 5.32 Å². The first-order valence-corrected chi connectivity index (χ1v) is 5.31. The summed E-state index contributed by atoms with van der Waals surface area (Å²) in [6.45, 7) is 2.70. The van der Waals surface area contributed by atoms with Crippen LogP contribution in [0.2, 0.25) is 0 Å². The molecule has 0 heterocycles. The summed E-state index contributed by atoms with van der Waals surface area (Å²) in [5.74, 6) is 0.687. The van der Waals surface area contributed by atoms with E-state index in [1.165, 1.54) is 12.8 Å². The molecule has 1 nitrogen and oxygen atoms in total. The maximum atomic E-state index is 12.0. The van der Waals surface area contributed by atoms with Gasteiger partial charge in [-0.05, 0) is 25.3 Å². The van der Waals surface area contributed by atoms with Gasteiger partial charge in [0.25, 0.3) is 0 Å². The second-order valence-electron chi connectivity index (χ2n) is 4.09. The minimum atomic E-state index is -4.00. The molecule has 1 aliphatic carbocycles. The smallest absolute Gasteiger partial charge is 0.314 e. The molecule has 14 heavy (non-hydrogen) atoms. The number of alkyl halides is 3. The molecule has 0 aliphatic heterocycles. The van der Waals surface area contributed by atoms with Crippen molar-refractivity contribution in [2.75, 3.05) is 6.54 Å². The quantitative estimate of drug-likeness (QED) is 0.708. The van der Waals surface area contributed by atoms with E-state index in [1.807, 2.05) is 6.92 Å². The summed E-state index contributed by atoms with van der Waals surface area (Å²) in [6.07, 6.45) is -1.10. The monoisotopic (exact) mass is 209 g/mol. The largest absolute Gasteiger partial charge is 0.389 e. The van der Waals surface area contributed by atoms with Gasteiger partial charge in [-0.2, -0.15) is 13.2 Å². The van der Waals surface area contributed by atoms with Crippen molar-refractivity contribution >= 4 is 0 Å². The topological polar surface area (TPSA) is 12.0 Å². The van der Waals surface area contributed by atoms with Crippen molar-refractivity contribution in [2.24, 2.45) is 5.92 Å². The van der Waals surface area contributed by atoms with Crippen LogP contribution in [0.4, 0.5) is 13.2 Å². The van der Waals surface area contributed by atoms with Gasteiger partial charge in [-0.1, -0.05) is 19.8 Å². The van der Waals surface area contributed by atoms with Crippen molar-refractivity contribution in [3.05, 3.63) is 0 Å². The van der Waals surface area contributed by atoms with Gasteiger partial charge in [-0.25, -0.2) is 0 Å². The van der Waals surface area contributed by atoms with Crippen LogP contribution in [-0.4, -0.2) is 18.8 Å². The molecule has 0 spiro atoms. The van der Waals surface area contributed by atoms with Gasteiger partial charge in [0.05, 0.1) is 0 Å². The average molecular weight is 209 g/mol. The molecule has 1 N–H and O–H groups in total. The highest BCUT2D eigenvalue weighted by Gasteiger charge is 2.30. The minimum absolute atomic E-state index is 0.0640. The molecule has 1 unspecified atom stereocenters.